The lowest BCUT2D eigenvalue weighted by Gasteiger charge is -2.34. The number of nitrogens with one attached hydrogen (secondary N) is 1. The summed E-state index contributed by atoms with van der Waals surface area (Å²) in [5, 5.41) is 4.29. The Morgan fingerprint density at radius 1 is 1.32 bits per heavy atom. The van der Waals surface area contributed by atoms with Gasteiger partial charge in [-0.15, -0.1) is 0 Å². The van der Waals surface area contributed by atoms with Gasteiger partial charge in [0.2, 0.25) is 0 Å². The van der Waals surface area contributed by atoms with E-state index in [1.807, 2.05) is 0 Å². The first-order chi connectivity index (χ1) is 11.6. The number of methoxy groups -OCH3 is 1. The van der Waals surface area contributed by atoms with E-state index in [9.17, 15) is 14.4 Å². The molecule has 2 aliphatic rings. The van der Waals surface area contributed by atoms with E-state index in [4.69, 9.17) is 4.74 Å². The number of hydrazone groups is 1. The summed E-state index contributed by atoms with van der Waals surface area (Å²) in [6.45, 7) is 5.99. The molecule has 2 rings (SSSR count). The lowest BCUT2D eigenvalue weighted by molar-refractivity contribution is -0.149. The third kappa shape index (κ3) is 3.62. The van der Waals surface area contributed by atoms with Gasteiger partial charge in [0, 0.05) is 18.2 Å². The Labute approximate surface area is 147 Å². The highest BCUT2D eigenvalue weighted by Gasteiger charge is 2.60. The summed E-state index contributed by atoms with van der Waals surface area (Å²) in [6.07, 6.45) is 2.52. The Balaban J connectivity index is 1.80. The van der Waals surface area contributed by atoms with Crippen molar-refractivity contribution in [2.45, 2.75) is 40.0 Å². The van der Waals surface area contributed by atoms with Crippen LogP contribution in [0.15, 0.2) is 5.10 Å². The summed E-state index contributed by atoms with van der Waals surface area (Å²) in [6, 6.07) is 0. The van der Waals surface area contributed by atoms with Crippen LogP contribution in [0.4, 0.5) is 4.79 Å². The first-order valence-corrected chi connectivity index (χ1v) is 8.42. The van der Waals surface area contributed by atoms with Crippen molar-refractivity contribution in [3.63, 3.8) is 0 Å². The lowest BCUT2D eigenvalue weighted by atomic mass is 9.70. The fraction of sp³-hybridized carbons (Fsp3) is 0.765. The van der Waals surface area contributed by atoms with E-state index in [0.29, 0.717) is 5.92 Å². The third-order valence-electron chi connectivity index (χ3n) is 6.04. The van der Waals surface area contributed by atoms with Crippen molar-refractivity contribution in [3.05, 3.63) is 0 Å². The number of carbonyl (C=O) groups excluding carboxylic acids is 3. The van der Waals surface area contributed by atoms with Crippen LogP contribution in [0.1, 0.15) is 40.0 Å². The number of hydrogen-bond acceptors (Lipinski definition) is 6. The minimum absolute atomic E-state index is 0.00481. The molecule has 0 radical (unpaired) electrons. The molecular formula is C17H27N3O5. The molecule has 0 aromatic rings. The molecular weight excluding hydrogens is 326 g/mol. The summed E-state index contributed by atoms with van der Waals surface area (Å²) < 4.78 is 9.31. The fourth-order valence-corrected chi connectivity index (χ4v) is 3.87. The molecule has 8 heteroatoms. The summed E-state index contributed by atoms with van der Waals surface area (Å²) in [7, 11) is 2.62. The van der Waals surface area contributed by atoms with Crippen molar-refractivity contribution < 1.29 is 23.9 Å². The SMILES string of the molecule is COC(=O)N(C)CC(=O)OCC(=O)NN=C1C[C@H]2CC[C@@]1(C)C2(C)C. The molecule has 0 unspecified atom stereocenters. The molecule has 0 spiro atoms. The van der Waals surface area contributed by atoms with Gasteiger partial charge in [-0.05, 0) is 30.6 Å². The van der Waals surface area contributed by atoms with E-state index >= 15 is 0 Å². The van der Waals surface area contributed by atoms with Crippen LogP contribution in [0.2, 0.25) is 0 Å². The average Bonchev–Trinajstić information content (AvgIpc) is 2.90. The first-order valence-electron chi connectivity index (χ1n) is 8.42. The predicted molar refractivity (Wildman–Crippen MR) is 90.8 cm³/mol. The van der Waals surface area contributed by atoms with Gasteiger partial charge in [-0.3, -0.25) is 9.59 Å². The van der Waals surface area contributed by atoms with Gasteiger partial charge in [-0.1, -0.05) is 20.8 Å². The Bertz CT molecular complexity index is 601. The summed E-state index contributed by atoms with van der Waals surface area (Å²) in [5.41, 5.74) is 3.68. The van der Waals surface area contributed by atoms with Gasteiger partial charge in [0.1, 0.15) is 6.54 Å². The standard InChI is InChI=1S/C17H27N3O5/c1-16(2)11-6-7-17(16,3)12(8-11)18-19-13(21)10-25-14(22)9-20(4)15(23)24-5/h11H,6-10H2,1-5H3,(H,19,21)/t11-,17-/m1/s1. The number of carbonyl (C=O) groups is 3. The molecule has 2 bridgehead atoms. The molecule has 2 amide bonds. The van der Waals surface area contributed by atoms with Crippen molar-refractivity contribution >= 4 is 23.7 Å². The van der Waals surface area contributed by atoms with E-state index in [1.54, 1.807) is 0 Å². The van der Waals surface area contributed by atoms with Crippen LogP contribution in [0, 0.1) is 16.7 Å². The van der Waals surface area contributed by atoms with Crippen LogP contribution in [0.5, 0.6) is 0 Å². The second-order valence-electron chi connectivity index (χ2n) is 7.57. The van der Waals surface area contributed by atoms with Crippen molar-refractivity contribution in [1.29, 1.82) is 0 Å². The molecule has 0 aromatic heterocycles. The number of hydrogen-bond donors (Lipinski definition) is 1. The molecule has 2 saturated carbocycles. The number of likely N-dealkylation sites (N-methyl/N-ethyl adjacent to an activating group) is 1. The van der Waals surface area contributed by atoms with Gasteiger partial charge >= 0.3 is 12.1 Å². The molecule has 0 aromatic carbocycles. The maximum absolute atomic E-state index is 11.9. The van der Waals surface area contributed by atoms with Crippen molar-refractivity contribution in [2.75, 3.05) is 27.3 Å². The van der Waals surface area contributed by atoms with Gasteiger partial charge in [0.25, 0.3) is 5.91 Å². The highest BCUT2D eigenvalue weighted by molar-refractivity contribution is 5.95. The van der Waals surface area contributed by atoms with Crippen LogP contribution < -0.4 is 5.43 Å². The van der Waals surface area contributed by atoms with Crippen LogP contribution in [-0.2, 0) is 19.1 Å². The van der Waals surface area contributed by atoms with E-state index < -0.39 is 24.6 Å². The highest BCUT2D eigenvalue weighted by atomic mass is 16.6. The molecule has 2 atom stereocenters. The first kappa shape index (κ1) is 19.2. The van der Waals surface area contributed by atoms with Crippen LogP contribution in [0.25, 0.3) is 0 Å². The maximum Gasteiger partial charge on any atom is 0.409 e. The summed E-state index contributed by atoms with van der Waals surface area (Å²) in [5.74, 6) is -0.589. The number of rotatable bonds is 5. The number of fused-ring (bicyclic) bond motifs is 2. The molecule has 2 aliphatic carbocycles. The lowest BCUT2D eigenvalue weighted by Crippen LogP contribution is -2.36. The quantitative estimate of drug-likeness (QED) is 0.597. The predicted octanol–water partition coefficient (Wildman–Crippen LogP) is 1.55. The van der Waals surface area contributed by atoms with E-state index in [2.05, 4.69) is 36.0 Å². The Morgan fingerprint density at radius 3 is 2.52 bits per heavy atom. The molecule has 2 fully saturated rings. The van der Waals surface area contributed by atoms with Crippen LogP contribution >= 0.6 is 0 Å². The normalized spacial score (nSPS) is 27.9. The molecule has 0 aliphatic heterocycles. The van der Waals surface area contributed by atoms with E-state index in [0.717, 1.165) is 23.5 Å². The second-order valence-corrected chi connectivity index (χ2v) is 7.57. The Kier molecular flexibility index (Phi) is 5.39. The number of ether oxygens (including phenoxy) is 2. The van der Waals surface area contributed by atoms with E-state index in [1.165, 1.54) is 20.6 Å². The topological polar surface area (TPSA) is 97.3 Å². The second kappa shape index (κ2) is 7.01. The molecule has 140 valence electrons. The maximum atomic E-state index is 11.9. The van der Waals surface area contributed by atoms with Gasteiger partial charge in [0.15, 0.2) is 6.61 Å². The summed E-state index contributed by atoms with van der Waals surface area (Å²) in [4.78, 5) is 35.7. The Hall–Kier alpha value is -2.12. The van der Waals surface area contributed by atoms with Crippen molar-refractivity contribution in [3.8, 4) is 0 Å². The molecule has 8 nitrogen and oxygen atoms in total. The number of amides is 2. The monoisotopic (exact) mass is 353 g/mol. The Morgan fingerprint density at radius 2 is 2.00 bits per heavy atom. The molecule has 1 N–H and O–H groups in total. The number of nitrogens with zero attached hydrogens (tertiary/aromatic N) is 2. The minimum Gasteiger partial charge on any atom is -0.454 e. The fourth-order valence-electron chi connectivity index (χ4n) is 3.87. The molecule has 25 heavy (non-hydrogen) atoms. The van der Waals surface area contributed by atoms with Crippen molar-refractivity contribution in [2.24, 2.45) is 21.8 Å². The number of esters is 1. The zero-order chi connectivity index (χ0) is 18.8. The van der Waals surface area contributed by atoms with Crippen molar-refractivity contribution in [1.82, 2.24) is 10.3 Å². The van der Waals surface area contributed by atoms with Gasteiger partial charge < -0.3 is 14.4 Å². The average molecular weight is 353 g/mol. The van der Waals surface area contributed by atoms with Crippen LogP contribution in [-0.4, -0.2) is 55.9 Å². The largest absolute Gasteiger partial charge is 0.454 e. The van der Waals surface area contributed by atoms with Crippen LogP contribution in [0.3, 0.4) is 0 Å². The smallest absolute Gasteiger partial charge is 0.409 e. The third-order valence-corrected chi connectivity index (χ3v) is 6.04. The molecule has 0 heterocycles. The zero-order valence-electron chi connectivity index (χ0n) is 15.5. The zero-order valence-corrected chi connectivity index (χ0v) is 15.5. The molecule has 0 saturated heterocycles. The van der Waals surface area contributed by atoms with Gasteiger partial charge in [-0.2, -0.15) is 5.10 Å². The minimum atomic E-state index is -0.691. The van der Waals surface area contributed by atoms with Gasteiger partial charge in [-0.25, -0.2) is 10.2 Å². The summed E-state index contributed by atoms with van der Waals surface area (Å²) >= 11 is 0. The van der Waals surface area contributed by atoms with E-state index in [-0.39, 0.29) is 17.4 Å². The highest BCUT2D eigenvalue weighted by Crippen LogP contribution is 2.63. The van der Waals surface area contributed by atoms with Gasteiger partial charge in [0.05, 0.1) is 7.11 Å².